The van der Waals surface area contributed by atoms with Crippen molar-refractivity contribution in [3.63, 3.8) is 0 Å². The van der Waals surface area contributed by atoms with Crippen LogP contribution < -0.4 is 5.32 Å². The molecule has 100 valence electrons. The Morgan fingerprint density at radius 3 is 3.05 bits per heavy atom. The third kappa shape index (κ3) is 2.54. The number of nitrogens with one attached hydrogen (secondary N) is 1. The average molecular weight is 256 g/mol. The fraction of sp³-hybridized carbons (Fsp3) is 0.467. The summed E-state index contributed by atoms with van der Waals surface area (Å²) in [5.74, 6) is 0. The van der Waals surface area contributed by atoms with Crippen LogP contribution in [0.1, 0.15) is 41.4 Å². The summed E-state index contributed by atoms with van der Waals surface area (Å²) in [5.41, 5.74) is 5.04. The van der Waals surface area contributed by atoms with Gasteiger partial charge < -0.3 is 5.32 Å². The summed E-state index contributed by atoms with van der Waals surface area (Å²) in [6.45, 7) is 2.88. The fourth-order valence-corrected chi connectivity index (χ4v) is 2.75. The Labute approximate surface area is 113 Å². The van der Waals surface area contributed by atoms with Crippen molar-refractivity contribution >= 4 is 0 Å². The molecular formula is C15H20N4. The number of rotatable bonds is 3. The smallest absolute Gasteiger partial charge is 0.0542 e. The summed E-state index contributed by atoms with van der Waals surface area (Å²) in [6.07, 6.45) is 7.49. The van der Waals surface area contributed by atoms with E-state index in [0.717, 1.165) is 18.7 Å². The van der Waals surface area contributed by atoms with Crippen LogP contribution in [0.2, 0.25) is 0 Å². The summed E-state index contributed by atoms with van der Waals surface area (Å²) < 4.78 is 2.01. The summed E-state index contributed by atoms with van der Waals surface area (Å²) in [5, 5.41) is 7.99. The molecule has 4 heteroatoms. The molecule has 0 radical (unpaired) electrons. The van der Waals surface area contributed by atoms with Crippen molar-refractivity contribution in [2.45, 2.75) is 38.8 Å². The first-order valence-corrected chi connectivity index (χ1v) is 6.90. The molecule has 1 N–H and O–H groups in total. The van der Waals surface area contributed by atoms with E-state index in [9.17, 15) is 0 Å². The van der Waals surface area contributed by atoms with Crippen LogP contribution in [0, 0.1) is 6.92 Å². The molecule has 1 unspecified atom stereocenters. The van der Waals surface area contributed by atoms with E-state index in [2.05, 4.69) is 34.5 Å². The molecule has 0 aliphatic heterocycles. The van der Waals surface area contributed by atoms with Crippen LogP contribution in [0.4, 0.5) is 0 Å². The number of pyridine rings is 1. The highest BCUT2D eigenvalue weighted by atomic mass is 15.3. The minimum absolute atomic E-state index is 0.417. The Hall–Kier alpha value is -1.68. The van der Waals surface area contributed by atoms with Crippen LogP contribution in [-0.2, 0) is 20.0 Å². The molecule has 0 bridgehead atoms. The molecular weight excluding hydrogens is 236 g/mol. The van der Waals surface area contributed by atoms with E-state index < -0.39 is 0 Å². The van der Waals surface area contributed by atoms with Crippen molar-refractivity contribution in [2.75, 3.05) is 0 Å². The Balaban J connectivity index is 1.69. The number of hydrogen-bond acceptors (Lipinski definition) is 3. The van der Waals surface area contributed by atoms with Gasteiger partial charge in [-0.1, -0.05) is 6.07 Å². The van der Waals surface area contributed by atoms with Gasteiger partial charge in [0.05, 0.1) is 11.9 Å². The highest BCUT2D eigenvalue weighted by Gasteiger charge is 2.22. The van der Waals surface area contributed by atoms with Crippen molar-refractivity contribution in [1.29, 1.82) is 0 Å². The molecule has 2 aromatic rings. The first-order valence-electron chi connectivity index (χ1n) is 6.90. The zero-order valence-electron chi connectivity index (χ0n) is 11.6. The molecule has 0 spiro atoms. The molecule has 0 fully saturated rings. The van der Waals surface area contributed by atoms with Gasteiger partial charge in [0, 0.05) is 37.1 Å². The molecule has 4 nitrogen and oxygen atoms in total. The number of aromatic nitrogens is 3. The van der Waals surface area contributed by atoms with Gasteiger partial charge >= 0.3 is 0 Å². The summed E-state index contributed by atoms with van der Waals surface area (Å²) >= 11 is 0. The van der Waals surface area contributed by atoms with Crippen molar-refractivity contribution < 1.29 is 0 Å². The maximum atomic E-state index is 4.44. The standard InChI is InChI=1S/C15H20N4/c1-11-6-7-12(16-8-11)9-17-14-4-3-5-15-13(14)10-18-19(15)2/h6-8,10,14,17H,3-5,9H2,1-2H3. The Morgan fingerprint density at radius 2 is 2.26 bits per heavy atom. The van der Waals surface area contributed by atoms with Crippen molar-refractivity contribution in [3.8, 4) is 0 Å². The maximum Gasteiger partial charge on any atom is 0.0542 e. The number of hydrogen-bond donors (Lipinski definition) is 1. The van der Waals surface area contributed by atoms with E-state index in [0.29, 0.717) is 6.04 Å². The largest absolute Gasteiger partial charge is 0.304 e. The minimum Gasteiger partial charge on any atom is -0.304 e. The monoisotopic (exact) mass is 256 g/mol. The molecule has 3 rings (SSSR count). The van der Waals surface area contributed by atoms with Crippen LogP contribution >= 0.6 is 0 Å². The molecule has 2 heterocycles. The van der Waals surface area contributed by atoms with E-state index >= 15 is 0 Å². The van der Waals surface area contributed by atoms with Crippen molar-refractivity contribution in [2.24, 2.45) is 7.05 Å². The Bertz CT molecular complexity index is 556. The molecule has 1 aliphatic carbocycles. The lowest BCUT2D eigenvalue weighted by Gasteiger charge is -2.23. The third-order valence-electron chi connectivity index (χ3n) is 3.88. The van der Waals surface area contributed by atoms with Gasteiger partial charge in [0.15, 0.2) is 0 Å². The van der Waals surface area contributed by atoms with E-state index in [4.69, 9.17) is 0 Å². The molecule has 0 saturated heterocycles. The van der Waals surface area contributed by atoms with Gasteiger partial charge in [-0.25, -0.2) is 0 Å². The normalized spacial score (nSPS) is 18.3. The van der Waals surface area contributed by atoms with Crippen LogP contribution in [0.15, 0.2) is 24.5 Å². The molecule has 0 amide bonds. The van der Waals surface area contributed by atoms with E-state index in [1.165, 1.54) is 29.7 Å². The molecule has 0 aromatic carbocycles. The highest BCUT2D eigenvalue weighted by Crippen LogP contribution is 2.29. The number of fused-ring (bicyclic) bond motifs is 1. The lowest BCUT2D eigenvalue weighted by Crippen LogP contribution is -2.25. The van der Waals surface area contributed by atoms with Crippen LogP contribution in [0.25, 0.3) is 0 Å². The molecule has 1 atom stereocenters. The first-order chi connectivity index (χ1) is 9.24. The second-order valence-electron chi connectivity index (χ2n) is 5.32. The zero-order valence-corrected chi connectivity index (χ0v) is 11.6. The van der Waals surface area contributed by atoms with E-state index in [1.807, 2.05) is 24.1 Å². The van der Waals surface area contributed by atoms with Gasteiger partial charge in [0.1, 0.15) is 0 Å². The molecule has 1 aliphatic rings. The van der Waals surface area contributed by atoms with E-state index in [-0.39, 0.29) is 0 Å². The summed E-state index contributed by atoms with van der Waals surface area (Å²) in [7, 11) is 2.03. The predicted octanol–water partition coefficient (Wildman–Crippen LogP) is 2.29. The first kappa shape index (κ1) is 12.4. The number of aryl methyl sites for hydroxylation is 2. The lowest BCUT2D eigenvalue weighted by molar-refractivity contribution is 0.449. The van der Waals surface area contributed by atoms with E-state index in [1.54, 1.807) is 0 Å². The van der Waals surface area contributed by atoms with Crippen LogP contribution in [0.5, 0.6) is 0 Å². The lowest BCUT2D eigenvalue weighted by atomic mass is 9.93. The van der Waals surface area contributed by atoms with Gasteiger partial charge in [0.2, 0.25) is 0 Å². The zero-order chi connectivity index (χ0) is 13.2. The van der Waals surface area contributed by atoms with Gasteiger partial charge in [-0.3, -0.25) is 9.67 Å². The Morgan fingerprint density at radius 1 is 1.37 bits per heavy atom. The molecule has 2 aromatic heterocycles. The van der Waals surface area contributed by atoms with Gasteiger partial charge in [-0.15, -0.1) is 0 Å². The summed E-state index contributed by atoms with van der Waals surface area (Å²) in [6, 6.07) is 4.62. The molecule has 19 heavy (non-hydrogen) atoms. The van der Waals surface area contributed by atoms with Crippen molar-refractivity contribution in [1.82, 2.24) is 20.1 Å². The SMILES string of the molecule is Cc1ccc(CNC2CCCc3c2cnn3C)nc1. The Kier molecular flexibility index (Phi) is 3.34. The van der Waals surface area contributed by atoms with Crippen LogP contribution in [-0.4, -0.2) is 14.8 Å². The molecule has 0 saturated carbocycles. The topological polar surface area (TPSA) is 42.7 Å². The number of nitrogens with zero attached hydrogens (tertiary/aromatic N) is 3. The predicted molar refractivity (Wildman–Crippen MR) is 74.7 cm³/mol. The average Bonchev–Trinajstić information content (AvgIpc) is 2.81. The highest BCUT2D eigenvalue weighted by molar-refractivity contribution is 5.25. The van der Waals surface area contributed by atoms with Gasteiger partial charge in [-0.2, -0.15) is 5.10 Å². The second kappa shape index (κ2) is 5.13. The van der Waals surface area contributed by atoms with Gasteiger partial charge in [0.25, 0.3) is 0 Å². The van der Waals surface area contributed by atoms with Crippen LogP contribution in [0.3, 0.4) is 0 Å². The van der Waals surface area contributed by atoms with Crippen molar-refractivity contribution in [3.05, 3.63) is 47.0 Å². The summed E-state index contributed by atoms with van der Waals surface area (Å²) in [4.78, 5) is 4.44. The quantitative estimate of drug-likeness (QED) is 0.916. The maximum absolute atomic E-state index is 4.44. The third-order valence-corrected chi connectivity index (χ3v) is 3.88. The fourth-order valence-electron chi connectivity index (χ4n) is 2.75. The minimum atomic E-state index is 0.417. The second-order valence-corrected chi connectivity index (χ2v) is 5.32. The van der Waals surface area contributed by atoms with Gasteiger partial charge in [-0.05, 0) is 37.8 Å².